The van der Waals surface area contributed by atoms with Crippen molar-refractivity contribution >= 4 is 36.6 Å². The molecule has 0 unspecified atom stereocenters. The number of fused-ring (bicyclic) bond motifs is 3. The zero-order valence-electron chi connectivity index (χ0n) is 17.1. The summed E-state index contributed by atoms with van der Waals surface area (Å²) in [4.78, 5) is 14.0. The summed E-state index contributed by atoms with van der Waals surface area (Å²) >= 11 is 0. The number of rotatable bonds is 3. The first-order valence-electron chi connectivity index (χ1n) is 10.3. The molecular weight excluding hydrogens is 388 g/mol. The molecule has 30 heavy (non-hydrogen) atoms. The van der Waals surface area contributed by atoms with Crippen LogP contribution in [0.1, 0.15) is 37.0 Å². The van der Waals surface area contributed by atoms with Gasteiger partial charge in [-0.25, -0.2) is 4.79 Å². The van der Waals surface area contributed by atoms with Crippen LogP contribution in [0.3, 0.4) is 0 Å². The lowest BCUT2D eigenvalue weighted by molar-refractivity contribution is 0.0204. The minimum Gasteiger partial charge on any atom is -0.443 e. The van der Waals surface area contributed by atoms with Gasteiger partial charge in [0.1, 0.15) is 0 Å². The molecule has 3 aromatic carbocycles. The second-order valence-corrected chi connectivity index (χ2v) is 10.2. The zero-order chi connectivity index (χ0) is 20.7. The molecule has 3 heteroatoms. The fourth-order valence-corrected chi connectivity index (χ4v) is 6.11. The van der Waals surface area contributed by atoms with E-state index in [-0.39, 0.29) is 16.4 Å². The van der Waals surface area contributed by atoms with Gasteiger partial charge in [0.25, 0.3) is 0 Å². The fraction of sp³-hybridized carbons (Fsp3) is 0.222. The Morgan fingerprint density at radius 2 is 1.57 bits per heavy atom. The first kappa shape index (κ1) is 18.9. The minimum atomic E-state index is -0.787. The van der Waals surface area contributed by atoms with Crippen LogP contribution in [0.4, 0.5) is 0 Å². The van der Waals surface area contributed by atoms with Gasteiger partial charge in [0, 0.05) is 33.2 Å². The van der Waals surface area contributed by atoms with Crippen molar-refractivity contribution in [3.8, 4) is 16.7 Å². The van der Waals surface area contributed by atoms with Gasteiger partial charge in [-0.15, -0.1) is 0 Å². The molecule has 1 fully saturated rings. The maximum atomic E-state index is 12.9. The summed E-state index contributed by atoms with van der Waals surface area (Å²) < 4.78 is 8.36. The maximum absolute atomic E-state index is 12.9. The monoisotopic (exact) mass is 411 g/mol. The van der Waals surface area contributed by atoms with Crippen molar-refractivity contribution < 1.29 is 9.53 Å². The number of carbonyl (C=O) groups is 1. The smallest absolute Gasteiger partial charge is 0.339 e. The van der Waals surface area contributed by atoms with Gasteiger partial charge in [-0.3, -0.25) is 0 Å². The second-order valence-electron chi connectivity index (χ2n) is 8.27. The molecule has 1 aliphatic carbocycles. The van der Waals surface area contributed by atoms with Gasteiger partial charge in [-0.2, -0.15) is 0 Å². The third-order valence-electron chi connectivity index (χ3n) is 5.31. The van der Waals surface area contributed by atoms with E-state index in [1.165, 1.54) is 20.2 Å². The Hall–Kier alpha value is -3.09. The molecule has 0 N–H and O–H groups in total. The lowest BCUT2D eigenvalue weighted by Gasteiger charge is -2.18. The van der Waals surface area contributed by atoms with Crippen LogP contribution in [0.2, 0.25) is 0 Å². The average molecular weight is 412 g/mol. The van der Waals surface area contributed by atoms with E-state index in [9.17, 15) is 4.79 Å². The van der Waals surface area contributed by atoms with Crippen LogP contribution >= 0.6 is 10.5 Å². The maximum Gasteiger partial charge on any atom is 0.339 e. The summed E-state index contributed by atoms with van der Waals surface area (Å²) in [5, 5.41) is 2.56. The van der Waals surface area contributed by atoms with E-state index in [4.69, 9.17) is 4.74 Å². The number of ether oxygens (including phenoxy) is 1. The van der Waals surface area contributed by atoms with Crippen molar-refractivity contribution in [2.24, 2.45) is 5.92 Å². The summed E-state index contributed by atoms with van der Waals surface area (Å²) in [6.07, 6.45) is 2.31. The van der Waals surface area contributed by atoms with Crippen LogP contribution in [0.5, 0.6) is 0 Å². The largest absolute Gasteiger partial charge is 0.443 e. The van der Waals surface area contributed by atoms with Crippen molar-refractivity contribution in [1.29, 1.82) is 0 Å². The van der Waals surface area contributed by atoms with Gasteiger partial charge in [-0.05, 0) is 63.1 Å². The second kappa shape index (κ2) is 7.31. The van der Waals surface area contributed by atoms with Crippen LogP contribution in [-0.2, 0) is 4.74 Å². The highest BCUT2D eigenvalue weighted by atomic mass is 32.2. The van der Waals surface area contributed by atoms with Crippen LogP contribution in [0.25, 0.3) is 25.1 Å². The zero-order valence-corrected chi connectivity index (χ0v) is 18.0. The molecular formula is C27H23O2S+. The molecule has 0 bridgehead atoms. The van der Waals surface area contributed by atoms with Gasteiger partial charge < -0.3 is 4.74 Å². The Bertz CT molecular complexity index is 1280. The Morgan fingerprint density at radius 1 is 0.933 bits per heavy atom. The molecule has 0 amide bonds. The van der Waals surface area contributed by atoms with E-state index in [0.29, 0.717) is 11.5 Å². The third-order valence-corrected chi connectivity index (χ3v) is 7.63. The fourth-order valence-electron chi connectivity index (χ4n) is 3.68. The molecule has 4 aromatic rings. The summed E-state index contributed by atoms with van der Waals surface area (Å²) in [6.45, 7) is 3.71. The van der Waals surface area contributed by atoms with Crippen molar-refractivity contribution in [2.45, 2.75) is 32.3 Å². The number of hydrogen-bond donors (Lipinski definition) is 0. The molecule has 0 radical (unpaired) electrons. The molecule has 0 atom stereocenters. The van der Waals surface area contributed by atoms with Crippen molar-refractivity contribution in [3.63, 3.8) is 0 Å². The van der Waals surface area contributed by atoms with Gasteiger partial charge in [0.2, 0.25) is 0 Å². The van der Waals surface area contributed by atoms with Gasteiger partial charge in [0.15, 0.2) is 19.9 Å². The number of carbonyl (C=O) groups excluding carboxylic acids is 1. The van der Waals surface area contributed by atoms with Crippen molar-refractivity contribution in [2.75, 3.05) is 0 Å². The van der Waals surface area contributed by atoms with Crippen LogP contribution < -0.4 is 0 Å². The molecule has 1 aliphatic rings. The highest BCUT2D eigenvalue weighted by molar-refractivity contribution is 7.50. The lowest BCUT2D eigenvalue weighted by Crippen LogP contribution is -2.26. The molecule has 2 nitrogen and oxygen atoms in total. The standard InChI is InChI=1S/C27H23O2S/c1-27(2,17-16-19-14-15-19)29-26(28)20-8-7-9-21(18-20)30-24-12-5-3-10-22(24)23-11-4-6-13-25(23)30/h3-13,18-19H,14-15H2,1-2H3/q+1. The predicted molar refractivity (Wildman–Crippen MR) is 125 cm³/mol. The van der Waals surface area contributed by atoms with E-state index >= 15 is 0 Å². The molecule has 0 saturated heterocycles. The van der Waals surface area contributed by atoms with Crippen LogP contribution in [0.15, 0.2) is 72.8 Å². The molecule has 148 valence electrons. The minimum absolute atomic E-state index is 0.228. The first-order valence-corrected chi connectivity index (χ1v) is 11.5. The number of hydrogen-bond acceptors (Lipinski definition) is 2. The van der Waals surface area contributed by atoms with Gasteiger partial charge in [0.05, 0.1) is 5.56 Å². The normalized spacial score (nSPS) is 13.8. The third kappa shape index (κ3) is 3.60. The Balaban J connectivity index is 1.54. The average Bonchev–Trinajstić information content (AvgIpc) is 3.53. The Kier molecular flexibility index (Phi) is 4.60. The van der Waals surface area contributed by atoms with Gasteiger partial charge in [-0.1, -0.05) is 42.2 Å². The molecule has 0 spiro atoms. The molecule has 1 aromatic heterocycles. The Labute approximate surface area is 179 Å². The van der Waals surface area contributed by atoms with E-state index in [0.717, 1.165) is 17.7 Å². The Morgan fingerprint density at radius 3 is 2.20 bits per heavy atom. The van der Waals surface area contributed by atoms with Crippen molar-refractivity contribution in [1.82, 2.24) is 0 Å². The molecule has 5 rings (SSSR count). The molecule has 1 saturated carbocycles. The van der Waals surface area contributed by atoms with E-state index in [2.05, 4.69) is 66.4 Å². The first-order chi connectivity index (χ1) is 14.5. The SMILES string of the molecule is CC(C)(C#CC1CC1)OC(=O)c1cccc(-[s+]2c3ccccc3c3ccccc32)c1. The quantitative estimate of drug-likeness (QED) is 0.204. The predicted octanol–water partition coefficient (Wildman–Crippen LogP) is 7.08. The number of esters is 1. The van der Waals surface area contributed by atoms with E-state index in [1.54, 1.807) is 0 Å². The molecule has 1 heterocycles. The van der Waals surface area contributed by atoms with Gasteiger partial charge >= 0.3 is 5.97 Å². The summed E-state index contributed by atoms with van der Waals surface area (Å²) in [5.74, 6) is 6.49. The summed E-state index contributed by atoms with van der Waals surface area (Å²) in [6, 6.07) is 25.0. The van der Waals surface area contributed by atoms with Crippen LogP contribution in [0, 0.1) is 17.8 Å². The van der Waals surface area contributed by atoms with E-state index in [1.807, 2.05) is 32.0 Å². The van der Waals surface area contributed by atoms with E-state index < -0.39 is 5.60 Å². The number of benzene rings is 3. The highest BCUT2D eigenvalue weighted by Crippen LogP contribution is 2.48. The molecule has 0 aliphatic heterocycles. The van der Waals surface area contributed by atoms with Crippen molar-refractivity contribution in [3.05, 3.63) is 78.4 Å². The summed E-state index contributed by atoms with van der Waals surface area (Å²) in [7, 11) is -0.228. The summed E-state index contributed by atoms with van der Waals surface area (Å²) in [5.41, 5.74) is -0.215. The van der Waals surface area contributed by atoms with Crippen LogP contribution in [-0.4, -0.2) is 11.6 Å². The highest BCUT2D eigenvalue weighted by Gasteiger charge is 2.26. The lowest BCUT2D eigenvalue weighted by atomic mass is 10.1. The topological polar surface area (TPSA) is 26.3 Å². The number of thiophene rings is 1.